The van der Waals surface area contributed by atoms with Crippen molar-refractivity contribution in [2.24, 2.45) is 5.92 Å². The molecule has 0 aromatic carbocycles. The van der Waals surface area contributed by atoms with E-state index in [0.29, 0.717) is 5.82 Å². The van der Waals surface area contributed by atoms with Gasteiger partial charge in [0.25, 0.3) is 0 Å². The van der Waals surface area contributed by atoms with E-state index in [9.17, 15) is 8.42 Å². The van der Waals surface area contributed by atoms with Crippen molar-refractivity contribution in [3.8, 4) is 0 Å². The second-order valence-electron chi connectivity index (χ2n) is 3.78. The van der Waals surface area contributed by atoms with Crippen LogP contribution in [0.1, 0.15) is 32.6 Å². The van der Waals surface area contributed by atoms with Gasteiger partial charge >= 0.3 is 0 Å². The van der Waals surface area contributed by atoms with Gasteiger partial charge in [-0.1, -0.05) is 19.1 Å². The average Bonchev–Trinajstić information content (AvgIpc) is 2.50. The summed E-state index contributed by atoms with van der Waals surface area (Å²) in [6, 6.07) is -0.465. The number of nitrogens with one attached hydrogen (secondary N) is 2. The van der Waals surface area contributed by atoms with E-state index in [4.69, 9.17) is 0 Å². The quantitative estimate of drug-likeness (QED) is 0.735. The zero-order valence-corrected chi connectivity index (χ0v) is 9.74. The van der Waals surface area contributed by atoms with Crippen molar-refractivity contribution in [2.75, 3.05) is 5.75 Å². The number of aromatic amines is 1. The van der Waals surface area contributed by atoms with Gasteiger partial charge in [0.05, 0.1) is 11.8 Å². The van der Waals surface area contributed by atoms with Crippen LogP contribution in [-0.2, 0) is 10.0 Å². The number of H-pyrrole nitrogens is 1. The molecule has 0 aliphatic heterocycles. The molecule has 0 amide bonds. The first-order valence-corrected chi connectivity index (χ1v) is 6.29. The Morgan fingerprint density at radius 1 is 1.40 bits per heavy atom. The standard InChI is InChI=1S/C7H15N5O2S/c1-5(2)4-15(13,14)10-6(3)7-8-11-12-9-7/h5-6,10H,4H2,1-3H3,(H,8,9,11,12). The first kappa shape index (κ1) is 12.1. The van der Waals surface area contributed by atoms with Crippen molar-refractivity contribution < 1.29 is 8.42 Å². The normalized spacial score (nSPS) is 14.4. The Hall–Kier alpha value is -1.02. The average molecular weight is 233 g/mol. The van der Waals surface area contributed by atoms with Crippen LogP contribution in [0.4, 0.5) is 0 Å². The van der Waals surface area contributed by atoms with Crippen LogP contribution in [0.15, 0.2) is 0 Å². The molecule has 0 spiro atoms. The minimum absolute atomic E-state index is 0.0833. The van der Waals surface area contributed by atoms with E-state index in [1.165, 1.54) is 0 Å². The summed E-state index contributed by atoms with van der Waals surface area (Å²) in [5, 5.41) is 13.0. The summed E-state index contributed by atoms with van der Waals surface area (Å²) in [5.41, 5.74) is 0. The molecule has 0 saturated carbocycles. The fourth-order valence-corrected chi connectivity index (χ4v) is 2.78. The maximum atomic E-state index is 11.5. The van der Waals surface area contributed by atoms with Crippen molar-refractivity contribution in [1.82, 2.24) is 25.3 Å². The van der Waals surface area contributed by atoms with E-state index < -0.39 is 16.1 Å². The summed E-state index contributed by atoms with van der Waals surface area (Å²) >= 11 is 0. The van der Waals surface area contributed by atoms with Crippen LogP contribution in [0.3, 0.4) is 0 Å². The Bertz CT molecular complexity index is 386. The molecule has 8 heteroatoms. The van der Waals surface area contributed by atoms with Gasteiger partial charge in [0.1, 0.15) is 0 Å². The largest absolute Gasteiger partial charge is 0.212 e. The monoisotopic (exact) mass is 233 g/mol. The van der Waals surface area contributed by atoms with Crippen LogP contribution < -0.4 is 4.72 Å². The van der Waals surface area contributed by atoms with E-state index in [1.807, 2.05) is 13.8 Å². The minimum atomic E-state index is -3.28. The van der Waals surface area contributed by atoms with Crippen LogP contribution in [0.2, 0.25) is 0 Å². The molecule has 7 nitrogen and oxygen atoms in total. The highest BCUT2D eigenvalue weighted by atomic mass is 32.2. The molecule has 0 saturated heterocycles. The lowest BCUT2D eigenvalue weighted by molar-refractivity contribution is 0.548. The summed E-state index contributed by atoms with van der Waals surface area (Å²) in [7, 11) is -3.28. The number of aromatic nitrogens is 4. The van der Waals surface area contributed by atoms with Gasteiger partial charge in [-0.25, -0.2) is 13.1 Å². The van der Waals surface area contributed by atoms with Gasteiger partial charge in [-0.2, -0.15) is 5.21 Å². The summed E-state index contributed by atoms with van der Waals surface area (Å²) < 4.78 is 25.6. The first-order valence-electron chi connectivity index (χ1n) is 4.64. The molecule has 1 aromatic heterocycles. The van der Waals surface area contributed by atoms with Crippen LogP contribution >= 0.6 is 0 Å². The fraction of sp³-hybridized carbons (Fsp3) is 0.857. The Kier molecular flexibility index (Phi) is 3.75. The number of nitrogens with zero attached hydrogens (tertiary/aromatic N) is 3. The van der Waals surface area contributed by atoms with Crippen molar-refractivity contribution in [3.63, 3.8) is 0 Å². The molecule has 1 aromatic rings. The lowest BCUT2D eigenvalue weighted by Gasteiger charge is -2.11. The Morgan fingerprint density at radius 3 is 2.53 bits per heavy atom. The predicted octanol–water partition coefficient (Wildman–Crippen LogP) is -0.164. The van der Waals surface area contributed by atoms with Crippen LogP contribution in [0.5, 0.6) is 0 Å². The Balaban J connectivity index is 2.62. The van der Waals surface area contributed by atoms with E-state index in [2.05, 4.69) is 25.3 Å². The maximum Gasteiger partial charge on any atom is 0.212 e. The smallest absolute Gasteiger partial charge is 0.212 e. The van der Waals surface area contributed by atoms with E-state index in [-0.39, 0.29) is 11.7 Å². The third-order valence-corrected chi connectivity index (χ3v) is 3.48. The molecule has 86 valence electrons. The Labute approximate surface area is 88.7 Å². The van der Waals surface area contributed by atoms with Gasteiger partial charge in [-0.3, -0.25) is 0 Å². The van der Waals surface area contributed by atoms with E-state index in [0.717, 1.165) is 0 Å². The molecule has 1 unspecified atom stereocenters. The highest BCUT2D eigenvalue weighted by Gasteiger charge is 2.19. The molecule has 0 radical (unpaired) electrons. The van der Waals surface area contributed by atoms with Gasteiger partial charge in [0, 0.05) is 0 Å². The topological polar surface area (TPSA) is 101 Å². The predicted molar refractivity (Wildman–Crippen MR) is 54.4 cm³/mol. The summed E-state index contributed by atoms with van der Waals surface area (Å²) in [4.78, 5) is 0. The summed E-state index contributed by atoms with van der Waals surface area (Å²) in [6.07, 6.45) is 0. The summed E-state index contributed by atoms with van der Waals surface area (Å²) in [5.74, 6) is 0.511. The van der Waals surface area contributed by atoms with Gasteiger partial charge in [-0.05, 0) is 12.8 Å². The van der Waals surface area contributed by atoms with Crippen molar-refractivity contribution in [2.45, 2.75) is 26.8 Å². The zero-order valence-electron chi connectivity index (χ0n) is 8.93. The van der Waals surface area contributed by atoms with E-state index >= 15 is 0 Å². The van der Waals surface area contributed by atoms with Crippen LogP contribution in [0, 0.1) is 5.92 Å². The SMILES string of the molecule is CC(C)CS(=O)(=O)NC(C)c1nn[nH]n1. The number of rotatable bonds is 5. The molecular formula is C7H15N5O2S. The molecular weight excluding hydrogens is 218 g/mol. The molecule has 15 heavy (non-hydrogen) atoms. The highest BCUT2D eigenvalue weighted by molar-refractivity contribution is 7.89. The van der Waals surface area contributed by atoms with Crippen molar-refractivity contribution >= 4 is 10.0 Å². The highest BCUT2D eigenvalue weighted by Crippen LogP contribution is 2.07. The molecule has 0 aliphatic carbocycles. The lowest BCUT2D eigenvalue weighted by atomic mass is 10.3. The van der Waals surface area contributed by atoms with Crippen molar-refractivity contribution in [3.05, 3.63) is 5.82 Å². The fourth-order valence-electron chi connectivity index (χ4n) is 1.16. The van der Waals surface area contributed by atoms with Gasteiger partial charge < -0.3 is 0 Å². The first-order chi connectivity index (χ1) is 6.91. The lowest BCUT2D eigenvalue weighted by Crippen LogP contribution is -2.31. The number of tetrazole rings is 1. The third kappa shape index (κ3) is 3.92. The number of hydrogen-bond donors (Lipinski definition) is 2. The van der Waals surface area contributed by atoms with E-state index in [1.54, 1.807) is 6.92 Å². The minimum Gasteiger partial charge on any atom is -0.212 e. The molecule has 1 rings (SSSR count). The zero-order chi connectivity index (χ0) is 11.5. The van der Waals surface area contributed by atoms with Gasteiger partial charge in [-0.15, -0.1) is 10.2 Å². The third-order valence-electron chi connectivity index (χ3n) is 1.66. The second kappa shape index (κ2) is 4.67. The van der Waals surface area contributed by atoms with Crippen molar-refractivity contribution in [1.29, 1.82) is 0 Å². The number of hydrogen-bond acceptors (Lipinski definition) is 5. The maximum absolute atomic E-state index is 11.5. The molecule has 1 heterocycles. The molecule has 0 aliphatic rings. The van der Waals surface area contributed by atoms with Crippen LogP contribution in [0.25, 0.3) is 0 Å². The molecule has 0 fully saturated rings. The molecule has 0 bridgehead atoms. The molecule has 2 N–H and O–H groups in total. The number of sulfonamides is 1. The second-order valence-corrected chi connectivity index (χ2v) is 5.58. The van der Waals surface area contributed by atoms with Crippen LogP contribution in [-0.4, -0.2) is 34.8 Å². The van der Waals surface area contributed by atoms with Gasteiger partial charge in [0.2, 0.25) is 10.0 Å². The molecule has 1 atom stereocenters. The summed E-state index contributed by atoms with van der Waals surface area (Å²) in [6.45, 7) is 5.36. The Morgan fingerprint density at radius 2 is 2.07 bits per heavy atom. The van der Waals surface area contributed by atoms with Gasteiger partial charge in [0.15, 0.2) is 5.82 Å².